The zero-order valence-corrected chi connectivity index (χ0v) is 13.3. The summed E-state index contributed by atoms with van der Waals surface area (Å²) >= 11 is 1.68. The van der Waals surface area contributed by atoms with Crippen molar-refractivity contribution in [1.82, 2.24) is 0 Å². The number of hydrogen-bond acceptors (Lipinski definition) is 4. The van der Waals surface area contributed by atoms with Gasteiger partial charge in [-0.1, -0.05) is 36.4 Å². The molecule has 0 fully saturated rings. The van der Waals surface area contributed by atoms with Crippen molar-refractivity contribution >= 4 is 29.3 Å². The van der Waals surface area contributed by atoms with Crippen LogP contribution in [0, 0.1) is 5.92 Å². The van der Waals surface area contributed by atoms with Gasteiger partial charge in [-0.05, 0) is 30.4 Å². The number of ketones is 1. The van der Waals surface area contributed by atoms with Crippen molar-refractivity contribution in [1.29, 1.82) is 0 Å². The van der Waals surface area contributed by atoms with Gasteiger partial charge in [0.05, 0.1) is 5.92 Å². The van der Waals surface area contributed by atoms with Gasteiger partial charge in [0, 0.05) is 16.1 Å². The van der Waals surface area contributed by atoms with Crippen LogP contribution in [0.15, 0.2) is 59.5 Å². The number of anilines is 1. The standard InChI is InChI=1S/C18H17NO3S/c20-17-13(10-11-23-16-9-5-4-8-15(16)17)12-22-18(21)19-14-6-2-1-3-7-14/h1-9,13H,10-12H2,(H,19,21). The van der Waals surface area contributed by atoms with Crippen molar-refractivity contribution in [2.75, 3.05) is 17.7 Å². The van der Waals surface area contributed by atoms with Crippen molar-refractivity contribution in [3.8, 4) is 0 Å². The van der Waals surface area contributed by atoms with E-state index in [4.69, 9.17) is 4.74 Å². The molecule has 1 amide bonds. The number of hydrogen-bond donors (Lipinski definition) is 1. The Morgan fingerprint density at radius 3 is 2.70 bits per heavy atom. The fraction of sp³-hybridized carbons (Fsp3) is 0.222. The molecule has 0 spiro atoms. The molecular weight excluding hydrogens is 310 g/mol. The molecular formula is C18H17NO3S. The monoisotopic (exact) mass is 327 g/mol. The van der Waals surface area contributed by atoms with Gasteiger partial charge in [-0.3, -0.25) is 10.1 Å². The molecule has 4 nitrogen and oxygen atoms in total. The molecule has 1 unspecified atom stereocenters. The maximum atomic E-state index is 12.6. The van der Waals surface area contributed by atoms with Crippen molar-refractivity contribution < 1.29 is 14.3 Å². The van der Waals surface area contributed by atoms with E-state index >= 15 is 0 Å². The number of carbonyl (C=O) groups is 2. The second-order valence-electron chi connectivity index (χ2n) is 5.28. The lowest BCUT2D eigenvalue weighted by molar-refractivity contribution is 0.0827. The minimum atomic E-state index is -0.533. The summed E-state index contributed by atoms with van der Waals surface area (Å²) in [4.78, 5) is 25.4. The van der Waals surface area contributed by atoms with Crippen LogP contribution in [0.1, 0.15) is 16.8 Å². The third kappa shape index (κ3) is 3.93. The Kier molecular flexibility index (Phi) is 4.98. The first-order valence-corrected chi connectivity index (χ1v) is 8.47. The lowest BCUT2D eigenvalue weighted by atomic mass is 9.96. The molecule has 23 heavy (non-hydrogen) atoms. The van der Waals surface area contributed by atoms with E-state index in [9.17, 15) is 9.59 Å². The predicted octanol–water partition coefficient (Wildman–Crippen LogP) is 4.23. The Labute approximate surface area is 139 Å². The molecule has 2 aromatic carbocycles. The van der Waals surface area contributed by atoms with Gasteiger partial charge in [0.2, 0.25) is 0 Å². The summed E-state index contributed by atoms with van der Waals surface area (Å²) in [6.45, 7) is 0.104. The highest BCUT2D eigenvalue weighted by Gasteiger charge is 2.26. The Bertz CT molecular complexity index is 702. The number of thioether (sulfide) groups is 1. The number of nitrogens with one attached hydrogen (secondary N) is 1. The fourth-order valence-electron chi connectivity index (χ4n) is 2.47. The number of benzene rings is 2. The van der Waals surface area contributed by atoms with Gasteiger partial charge in [-0.25, -0.2) is 4.79 Å². The van der Waals surface area contributed by atoms with Crippen molar-refractivity contribution in [2.45, 2.75) is 11.3 Å². The Balaban J connectivity index is 1.60. The summed E-state index contributed by atoms with van der Waals surface area (Å²) in [6.07, 6.45) is 0.172. The smallest absolute Gasteiger partial charge is 0.411 e. The molecule has 1 heterocycles. The molecule has 0 aromatic heterocycles. The van der Waals surface area contributed by atoms with Crippen LogP contribution in [0.25, 0.3) is 0 Å². The van der Waals surface area contributed by atoms with E-state index in [0.29, 0.717) is 12.1 Å². The maximum Gasteiger partial charge on any atom is 0.411 e. The molecule has 1 aliphatic heterocycles. The summed E-state index contributed by atoms with van der Waals surface area (Å²) in [5.41, 5.74) is 1.40. The van der Waals surface area contributed by atoms with Gasteiger partial charge in [0.1, 0.15) is 6.61 Å². The quantitative estimate of drug-likeness (QED) is 0.916. The van der Waals surface area contributed by atoms with E-state index in [-0.39, 0.29) is 18.3 Å². The van der Waals surface area contributed by atoms with Gasteiger partial charge in [0.15, 0.2) is 5.78 Å². The normalized spacial score (nSPS) is 17.0. The number of fused-ring (bicyclic) bond motifs is 1. The third-order valence-corrected chi connectivity index (χ3v) is 4.79. The Morgan fingerprint density at radius 2 is 1.87 bits per heavy atom. The zero-order chi connectivity index (χ0) is 16.1. The molecule has 118 valence electrons. The molecule has 0 aliphatic carbocycles. The van der Waals surface area contributed by atoms with Crippen LogP contribution in [-0.4, -0.2) is 24.2 Å². The largest absolute Gasteiger partial charge is 0.449 e. The number of amides is 1. The average Bonchev–Trinajstić information content (AvgIpc) is 2.73. The first kappa shape index (κ1) is 15.6. The summed E-state index contributed by atoms with van der Waals surface area (Å²) in [7, 11) is 0. The summed E-state index contributed by atoms with van der Waals surface area (Å²) in [5, 5.41) is 2.65. The van der Waals surface area contributed by atoms with Gasteiger partial charge in [0.25, 0.3) is 0 Å². The van der Waals surface area contributed by atoms with Crippen LogP contribution in [0.2, 0.25) is 0 Å². The summed E-state index contributed by atoms with van der Waals surface area (Å²) < 4.78 is 5.25. The van der Waals surface area contributed by atoms with E-state index in [1.54, 1.807) is 23.9 Å². The van der Waals surface area contributed by atoms with E-state index in [2.05, 4.69) is 5.32 Å². The van der Waals surface area contributed by atoms with Crippen LogP contribution in [-0.2, 0) is 4.74 Å². The predicted molar refractivity (Wildman–Crippen MR) is 91.0 cm³/mol. The molecule has 1 atom stereocenters. The minimum Gasteiger partial charge on any atom is -0.449 e. The van der Waals surface area contributed by atoms with E-state index in [0.717, 1.165) is 16.2 Å². The number of rotatable bonds is 3. The van der Waals surface area contributed by atoms with E-state index < -0.39 is 6.09 Å². The minimum absolute atomic E-state index is 0.0538. The average molecular weight is 327 g/mol. The van der Waals surface area contributed by atoms with Gasteiger partial charge >= 0.3 is 6.09 Å². The lowest BCUT2D eigenvalue weighted by Gasteiger charge is -2.14. The van der Waals surface area contributed by atoms with E-state index in [1.165, 1.54) is 0 Å². The van der Waals surface area contributed by atoms with Crippen LogP contribution >= 0.6 is 11.8 Å². The second kappa shape index (κ2) is 7.33. The zero-order valence-electron chi connectivity index (χ0n) is 12.5. The third-order valence-electron chi connectivity index (χ3n) is 3.68. The van der Waals surface area contributed by atoms with E-state index in [1.807, 2.05) is 42.5 Å². The van der Waals surface area contributed by atoms with Crippen molar-refractivity contribution in [3.05, 3.63) is 60.2 Å². The highest BCUT2D eigenvalue weighted by atomic mass is 32.2. The molecule has 1 N–H and O–H groups in total. The second-order valence-corrected chi connectivity index (χ2v) is 6.42. The van der Waals surface area contributed by atoms with Gasteiger partial charge in [-0.15, -0.1) is 11.8 Å². The van der Waals surface area contributed by atoms with Crippen LogP contribution < -0.4 is 5.32 Å². The highest BCUT2D eigenvalue weighted by Crippen LogP contribution is 2.31. The SMILES string of the molecule is O=C(Nc1ccccc1)OCC1CCSc2ccccc2C1=O. The molecule has 2 aromatic rings. The molecule has 0 bridgehead atoms. The molecule has 3 rings (SSSR count). The highest BCUT2D eigenvalue weighted by molar-refractivity contribution is 7.99. The molecule has 1 aliphatic rings. The number of ether oxygens (including phenoxy) is 1. The van der Waals surface area contributed by atoms with Gasteiger partial charge in [-0.2, -0.15) is 0 Å². The first-order valence-electron chi connectivity index (χ1n) is 7.49. The molecule has 0 radical (unpaired) electrons. The van der Waals surface area contributed by atoms with Crippen LogP contribution in [0.3, 0.4) is 0 Å². The van der Waals surface area contributed by atoms with Crippen LogP contribution in [0.4, 0.5) is 10.5 Å². The Morgan fingerprint density at radius 1 is 1.13 bits per heavy atom. The maximum absolute atomic E-state index is 12.6. The van der Waals surface area contributed by atoms with Crippen molar-refractivity contribution in [2.24, 2.45) is 5.92 Å². The molecule has 5 heteroatoms. The first-order chi connectivity index (χ1) is 11.2. The molecule has 0 saturated heterocycles. The number of para-hydroxylation sites is 1. The molecule has 0 saturated carbocycles. The lowest BCUT2D eigenvalue weighted by Crippen LogP contribution is -2.24. The van der Waals surface area contributed by atoms with Crippen molar-refractivity contribution in [3.63, 3.8) is 0 Å². The topological polar surface area (TPSA) is 55.4 Å². The fourth-order valence-corrected chi connectivity index (χ4v) is 3.59. The summed E-state index contributed by atoms with van der Waals surface area (Å²) in [6, 6.07) is 16.7. The van der Waals surface area contributed by atoms with Gasteiger partial charge < -0.3 is 4.74 Å². The Hall–Kier alpha value is -2.27. The number of carbonyl (C=O) groups excluding carboxylic acids is 2. The summed E-state index contributed by atoms with van der Waals surface area (Å²) in [5.74, 6) is 0.614. The number of Topliss-reactive ketones (excluding diaryl/α,β-unsaturated/α-hetero) is 1. The van der Waals surface area contributed by atoms with Crippen LogP contribution in [0.5, 0.6) is 0 Å².